The Kier molecular flexibility index (Phi) is 6.04. The van der Waals surface area contributed by atoms with Crippen molar-refractivity contribution in [3.05, 3.63) is 0 Å². The van der Waals surface area contributed by atoms with Crippen LogP contribution in [-0.2, 0) is 10.2 Å². The van der Waals surface area contributed by atoms with Crippen molar-refractivity contribution in [3.8, 4) is 0 Å². The van der Waals surface area contributed by atoms with Crippen molar-refractivity contribution >= 4 is 10.2 Å². The summed E-state index contributed by atoms with van der Waals surface area (Å²) >= 11 is 0. The largest absolute Gasteiger partial charge is 0.317 e. The Labute approximate surface area is 112 Å². The Morgan fingerprint density at radius 2 is 1.89 bits per heavy atom. The summed E-state index contributed by atoms with van der Waals surface area (Å²) in [4.78, 5) is 0. The Morgan fingerprint density at radius 1 is 1.28 bits per heavy atom. The Hall–Kier alpha value is -0.170. The van der Waals surface area contributed by atoms with E-state index in [9.17, 15) is 8.42 Å². The van der Waals surface area contributed by atoms with Crippen LogP contribution in [0, 0.1) is 0 Å². The van der Waals surface area contributed by atoms with Crippen molar-refractivity contribution in [1.82, 2.24) is 14.3 Å². The predicted octanol–water partition coefficient (Wildman–Crippen LogP) is 1.08. The fraction of sp³-hybridized carbons (Fsp3) is 1.00. The Bertz CT molecular complexity index is 337. The third-order valence-corrected chi connectivity index (χ3v) is 5.32. The third kappa shape index (κ3) is 4.84. The second kappa shape index (κ2) is 6.84. The second-order valence-electron chi connectivity index (χ2n) is 5.40. The van der Waals surface area contributed by atoms with E-state index < -0.39 is 10.2 Å². The van der Waals surface area contributed by atoms with Crippen LogP contribution in [0.2, 0.25) is 0 Å². The van der Waals surface area contributed by atoms with E-state index in [2.05, 4.69) is 10.0 Å². The van der Waals surface area contributed by atoms with Crippen LogP contribution >= 0.6 is 0 Å². The van der Waals surface area contributed by atoms with E-state index in [4.69, 9.17) is 0 Å². The van der Waals surface area contributed by atoms with E-state index in [1.54, 1.807) is 7.05 Å². The lowest BCUT2D eigenvalue weighted by atomic mass is 10.0. The molecule has 1 aliphatic carbocycles. The average molecular weight is 277 g/mol. The summed E-state index contributed by atoms with van der Waals surface area (Å²) in [5.41, 5.74) is -0.241. The van der Waals surface area contributed by atoms with E-state index in [1.807, 2.05) is 13.8 Å². The highest BCUT2D eigenvalue weighted by molar-refractivity contribution is 7.87. The van der Waals surface area contributed by atoms with Crippen LogP contribution in [0.25, 0.3) is 0 Å². The molecule has 1 rings (SSSR count). The molecule has 0 aromatic rings. The molecular formula is C12H27N3O2S. The fourth-order valence-electron chi connectivity index (χ4n) is 2.37. The first-order chi connectivity index (χ1) is 8.40. The number of hydrogen-bond acceptors (Lipinski definition) is 3. The van der Waals surface area contributed by atoms with Gasteiger partial charge in [0.05, 0.1) is 0 Å². The van der Waals surface area contributed by atoms with Crippen LogP contribution in [0.15, 0.2) is 0 Å². The van der Waals surface area contributed by atoms with Crippen molar-refractivity contribution < 1.29 is 8.42 Å². The van der Waals surface area contributed by atoms with Gasteiger partial charge in [0.25, 0.3) is 10.2 Å². The van der Waals surface area contributed by atoms with Gasteiger partial charge in [-0.1, -0.05) is 19.8 Å². The minimum atomic E-state index is -3.33. The van der Waals surface area contributed by atoms with Gasteiger partial charge in [0.15, 0.2) is 0 Å². The van der Waals surface area contributed by atoms with Gasteiger partial charge in [0, 0.05) is 19.1 Å². The van der Waals surface area contributed by atoms with E-state index in [1.165, 1.54) is 4.31 Å². The first kappa shape index (κ1) is 15.9. The molecule has 0 aromatic carbocycles. The van der Waals surface area contributed by atoms with Gasteiger partial charge in [0.2, 0.25) is 0 Å². The number of rotatable bonds is 8. The number of nitrogens with zero attached hydrogens (tertiary/aromatic N) is 1. The lowest BCUT2D eigenvalue weighted by Gasteiger charge is -2.28. The van der Waals surface area contributed by atoms with Gasteiger partial charge in [-0.25, -0.2) is 0 Å². The molecular weight excluding hydrogens is 250 g/mol. The van der Waals surface area contributed by atoms with Gasteiger partial charge < -0.3 is 5.32 Å². The maximum Gasteiger partial charge on any atom is 0.279 e. The van der Waals surface area contributed by atoms with Gasteiger partial charge in [-0.15, -0.1) is 0 Å². The van der Waals surface area contributed by atoms with E-state index in [0.29, 0.717) is 6.54 Å². The molecule has 6 heteroatoms. The maximum atomic E-state index is 12.1. The molecule has 0 amide bonds. The quantitative estimate of drug-likeness (QED) is 0.653. The fourth-order valence-corrected chi connectivity index (χ4v) is 3.72. The van der Waals surface area contributed by atoms with Gasteiger partial charge >= 0.3 is 0 Å². The molecule has 0 aliphatic heterocycles. The third-order valence-electron chi connectivity index (χ3n) is 3.57. The van der Waals surface area contributed by atoms with Crippen molar-refractivity contribution in [2.75, 3.05) is 26.7 Å². The summed E-state index contributed by atoms with van der Waals surface area (Å²) in [6.07, 6.45) is 4.95. The van der Waals surface area contributed by atoms with Crippen molar-refractivity contribution in [2.24, 2.45) is 0 Å². The van der Waals surface area contributed by atoms with Crippen molar-refractivity contribution in [2.45, 2.75) is 51.5 Å². The smallest absolute Gasteiger partial charge is 0.279 e. The molecule has 0 spiro atoms. The highest BCUT2D eigenvalue weighted by Gasteiger charge is 2.34. The molecule has 0 saturated heterocycles. The predicted molar refractivity (Wildman–Crippen MR) is 74.7 cm³/mol. The maximum absolute atomic E-state index is 12.1. The zero-order valence-corrected chi connectivity index (χ0v) is 12.6. The Balaban J connectivity index is 2.42. The average Bonchev–Trinajstić information content (AvgIpc) is 2.69. The van der Waals surface area contributed by atoms with Crippen molar-refractivity contribution in [1.29, 1.82) is 0 Å². The summed E-state index contributed by atoms with van der Waals surface area (Å²) < 4.78 is 28.6. The molecule has 0 aromatic heterocycles. The summed E-state index contributed by atoms with van der Waals surface area (Å²) in [7, 11) is -1.69. The van der Waals surface area contributed by atoms with Crippen LogP contribution in [0.1, 0.15) is 46.0 Å². The minimum absolute atomic E-state index is 0.241. The molecule has 0 bridgehead atoms. The topological polar surface area (TPSA) is 61.4 Å². The van der Waals surface area contributed by atoms with E-state index >= 15 is 0 Å². The highest BCUT2D eigenvalue weighted by atomic mass is 32.2. The van der Waals surface area contributed by atoms with E-state index in [-0.39, 0.29) is 5.54 Å². The van der Waals surface area contributed by atoms with Crippen molar-refractivity contribution in [3.63, 3.8) is 0 Å². The molecule has 18 heavy (non-hydrogen) atoms. The SMILES string of the molecule is CCNCCCN(C)S(=O)(=O)NC1(C)CCCC1. The zero-order chi connectivity index (χ0) is 13.6. The van der Waals surface area contributed by atoms with E-state index in [0.717, 1.165) is 45.2 Å². The molecule has 1 saturated carbocycles. The highest BCUT2D eigenvalue weighted by Crippen LogP contribution is 2.29. The van der Waals surface area contributed by atoms with Crippen LogP contribution < -0.4 is 10.0 Å². The molecule has 1 aliphatic rings. The summed E-state index contributed by atoms with van der Waals surface area (Å²) in [6, 6.07) is 0. The monoisotopic (exact) mass is 277 g/mol. The van der Waals surface area contributed by atoms with Gasteiger partial charge in [-0.05, 0) is 39.3 Å². The molecule has 0 unspecified atom stereocenters. The molecule has 0 heterocycles. The normalized spacial score (nSPS) is 19.6. The zero-order valence-electron chi connectivity index (χ0n) is 11.8. The molecule has 0 radical (unpaired) electrons. The minimum Gasteiger partial charge on any atom is -0.317 e. The lowest BCUT2D eigenvalue weighted by molar-refractivity contribution is 0.388. The number of nitrogens with one attached hydrogen (secondary N) is 2. The Morgan fingerprint density at radius 3 is 2.44 bits per heavy atom. The van der Waals surface area contributed by atoms with Gasteiger partial charge in [0.1, 0.15) is 0 Å². The first-order valence-electron chi connectivity index (χ1n) is 6.85. The van der Waals surface area contributed by atoms with Gasteiger partial charge in [-0.2, -0.15) is 17.4 Å². The first-order valence-corrected chi connectivity index (χ1v) is 8.29. The summed E-state index contributed by atoms with van der Waals surface area (Å²) in [6.45, 7) is 6.38. The summed E-state index contributed by atoms with van der Waals surface area (Å²) in [5, 5.41) is 3.19. The van der Waals surface area contributed by atoms with Crippen LogP contribution in [-0.4, -0.2) is 44.9 Å². The van der Waals surface area contributed by atoms with Crippen LogP contribution in [0.5, 0.6) is 0 Å². The molecule has 0 atom stereocenters. The van der Waals surface area contributed by atoms with Gasteiger partial charge in [-0.3, -0.25) is 0 Å². The van der Waals surface area contributed by atoms with Crippen LogP contribution in [0.3, 0.4) is 0 Å². The second-order valence-corrected chi connectivity index (χ2v) is 7.18. The number of hydrogen-bond donors (Lipinski definition) is 2. The molecule has 1 fully saturated rings. The molecule has 108 valence electrons. The summed E-state index contributed by atoms with van der Waals surface area (Å²) in [5.74, 6) is 0. The lowest BCUT2D eigenvalue weighted by Crippen LogP contribution is -2.49. The standard InChI is InChI=1S/C12H27N3O2S/c1-4-13-10-7-11-15(3)18(16,17)14-12(2)8-5-6-9-12/h13-14H,4-11H2,1-3H3. The molecule has 5 nitrogen and oxygen atoms in total. The molecule has 2 N–H and O–H groups in total. The van der Waals surface area contributed by atoms with Crippen LogP contribution in [0.4, 0.5) is 0 Å².